The van der Waals surface area contributed by atoms with E-state index in [0.717, 1.165) is 11.3 Å². The monoisotopic (exact) mass is 323 g/mol. The highest BCUT2D eigenvalue weighted by Crippen LogP contribution is 2.26. The predicted molar refractivity (Wildman–Crippen MR) is 88.0 cm³/mol. The first-order valence-corrected chi connectivity index (χ1v) is 8.27. The lowest BCUT2D eigenvalue weighted by molar-refractivity contribution is -0.117. The lowest BCUT2D eigenvalue weighted by Crippen LogP contribution is -2.26. The lowest BCUT2D eigenvalue weighted by atomic mass is 10.3. The van der Waals surface area contributed by atoms with Gasteiger partial charge in [0.15, 0.2) is 5.16 Å². The topological polar surface area (TPSA) is 78.0 Å². The molecule has 2 N–H and O–H groups in total. The molecule has 0 saturated heterocycles. The summed E-state index contributed by atoms with van der Waals surface area (Å²) in [4.78, 5) is 30.2. The molecule has 0 radical (unpaired) electrons. The quantitative estimate of drug-likeness (QED) is 0.502. The second-order valence-corrected chi connectivity index (χ2v) is 6.97. The molecule has 0 bridgehead atoms. The molecule has 2 aromatic rings. The molecule has 0 aliphatic carbocycles. The zero-order valence-electron chi connectivity index (χ0n) is 12.0. The van der Waals surface area contributed by atoms with Gasteiger partial charge >= 0.3 is 0 Å². The van der Waals surface area contributed by atoms with Gasteiger partial charge in [0.05, 0.1) is 10.6 Å². The molecule has 0 spiro atoms. The number of fused-ring (bicyclic) bond motifs is 1. The number of nitrogens with zero attached hydrogens (tertiary/aromatic N) is 2. The van der Waals surface area contributed by atoms with E-state index in [4.69, 9.17) is 5.73 Å². The van der Waals surface area contributed by atoms with Crippen molar-refractivity contribution in [3.8, 4) is 0 Å². The van der Waals surface area contributed by atoms with E-state index >= 15 is 0 Å². The van der Waals surface area contributed by atoms with Gasteiger partial charge in [-0.15, -0.1) is 17.9 Å². The summed E-state index contributed by atoms with van der Waals surface area (Å²) in [5.74, 6) is -0.431. The van der Waals surface area contributed by atoms with Crippen LogP contribution in [0.4, 0.5) is 0 Å². The summed E-state index contributed by atoms with van der Waals surface area (Å²) in [5.41, 5.74) is 5.19. The standard InChI is InChI=1S/C14H17N3O2S2/c1-4-6-17-13(19)10-7-9(5-2)21-12(10)16-14(17)20-8(3)11(15)18/h4,7-8H,1,5-6H2,2-3H3,(H2,15,18)/t8-/m0/s1. The molecule has 2 rings (SSSR count). The molecular weight excluding hydrogens is 306 g/mol. The van der Waals surface area contributed by atoms with E-state index < -0.39 is 11.2 Å². The van der Waals surface area contributed by atoms with Crippen molar-refractivity contribution in [1.82, 2.24) is 9.55 Å². The van der Waals surface area contributed by atoms with Gasteiger partial charge in [-0.1, -0.05) is 24.8 Å². The molecule has 0 aromatic carbocycles. The molecule has 0 fully saturated rings. The van der Waals surface area contributed by atoms with Crippen LogP contribution in [0.15, 0.2) is 28.7 Å². The van der Waals surface area contributed by atoms with E-state index in [1.165, 1.54) is 27.7 Å². The van der Waals surface area contributed by atoms with E-state index in [1.54, 1.807) is 13.0 Å². The minimum absolute atomic E-state index is 0.102. The maximum absolute atomic E-state index is 12.6. The Morgan fingerprint density at radius 2 is 2.38 bits per heavy atom. The number of nitrogens with two attached hydrogens (primary N) is 1. The molecule has 7 heteroatoms. The van der Waals surface area contributed by atoms with Crippen LogP contribution in [0.3, 0.4) is 0 Å². The molecule has 2 aromatic heterocycles. The zero-order valence-corrected chi connectivity index (χ0v) is 13.6. The molecule has 1 amide bonds. The minimum Gasteiger partial charge on any atom is -0.369 e. The number of hydrogen-bond acceptors (Lipinski definition) is 5. The SMILES string of the molecule is C=CCn1c(S[C@@H](C)C(N)=O)nc2sc(CC)cc2c1=O. The summed E-state index contributed by atoms with van der Waals surface area (Å²) in [6.45, 7) is 7.76. The van der Waals surface area contributed by atoms with Crippen LogP contribution in [-0.4, -0.2) is 20.7 Å². The van der Waals surface area contributed by atoms with Crippen LogP contribution in [-0.2, 0) is 17.8 Å². The van der Waals surface area contributed by atoms with Gasteiger partial charge in [0.25, 0.3) is 5.56 Å². The number of aromatic nitrogens is 2. The number of aryl methyl sites for hydroxylation is 1. The van der Waals surface area contributed by atoms with Crippen molar-refractivity contribution in [3.05, 3.63) is 34.0 Å². The highest BCUT2D eigenvalue weighted by atomic mass is 32.2. The van der Waals surface area contributed by atoms with Crippen LogP contribution in [0.5, 0.6) is 0 Å². The molecule has 112 valence electrons. The van der Waals surface area contributed by atoms with Crippen molar-refractivity contribution in [2.45, 2.75) is 37.2 Å². The average molecular weight is 323 g/mol. The number of carbonyl (C=O) groups excluding carboxylic acids is 1. The van der Waals surface area contributed by atoms with E-state index in [9.17, 15) is 9.59 Å². The van der Waals surface area contributed by atoms with Gasteiger partial charge in [0.2, 0.25) is 5.91 Å². The normalized spacial score (nSPS) is 12.5. The van der Waals surface area contributed by atoms with Gasteiger partial charge in [0.1, 0.15) is 4.83 Å². The van der Waals surface area contributed by atoms with Crippen molar-refractivity contribution in [2.75, 3.05) is 0 Å². The first-order chi connectivity index (χ1) is 9.97. The smallest absolute Gasteiger partial charge is 0.263 e. The maximum atomic E-state index is 12.6. The Bertz CT molecular complexity index is 748. The van der Waals surface area contributed by atoms with Gasteiger partial charge in [-0.2, -0.15) is 0 Å². The van der Waals surface area contributed by atoms with E-state index in [1.807, 2.05) is 13.0 Å². The molecule has 5 nitrogen and oxygen atoms in total. The fourth-order valence-electron chi connectivity index (χ4n) is 1.82. The van der Waals surface area contributed by atoms with Crippen LogP contribution < -0.4 is 11.3 Å². The second kappa shape index (κ2) is 6.44. The third-order valence-electron chi connectivity index (χ3n) is 3.01. The molecule has 0 aliphatic heterocycles. The Kier molecular flexibility index (Phi) is 4.84. The average Bonchev–Trinajstić information content (AvgIpc) is 2.86. The Morgan fingerprint density at radius 3 is 2.95 bits per heavy atom. The van der Waals surface area contributed by atoms with E-state index in [0.29, 0.717) is 21.9 Å². The first-order valence-electron chi connectivity index (χ1n) is 6.58. The number of amides is 1. The summed E-state index contributed by atoms with van der Waals surface area (Å²) >= 11 is 2.71. The van der Waals surface area contributed by atoms with Crippen molar-refractivity contribution in [3.63, 3.8) is 0 Å². The highest BCUT2D eigenvalue weighted by Gasteiger charge is 2.18. The van der Waals surface area contributed by atoms with Crippen LogP contribution >= 0.6 is 23.1 Å². The molecule has 0 unspecified atom stereocenters. The summed E-state index contributed by atoms with van der Waals surface area (Å²) < 4.78 is 1.53. The van der Waals surface area contributed by atoms with Gasteiger partial charge < -0.3 is 5.73 Å². The van der Waals surface area contributed by atoms with Gasteiger partial charge in [0, 0.05) is 11.4 Å². The molecule has 0 saturated carbocycles. The Labute approximate surface area is 130 Å². The lowest BCUT2D eigenvalue weighted by Gasteiger charge is -2.12. The predicted octanol–water partition coefficient (Wildman–Crippen LogP) is 2.17. The van der Waals surface area contributed by atoms with Crippen LogP contribution in [0.25, 0.3) is 10.2 Å². The first kappa shape index (κ1) is 15.8. The molecule has 2 heterocycles. The Hall–Kier alpha value is -1.60. The summed E-state index contributed by atoms with van der Waals surface area (Å²) in [5, 5.41) is 0.675. The van der Waals surface area contributed by atoms with Crippen LogP contribution in [0.2, 0.25) is 0 Å². The minimum atomic E-state index is -0.448. The van der Waals surface area contributed by atoms with Gasteiger partial charge in [-0.05, 0) is 19.4 Å². The van der Waals surface area contributed by atoms with Crippen molar-refractivity contribution >= 4 is 39.2 Å². The largest absolute Gasteiger partial charge is 0.369 e. The summed E-state index contributed by atoms with van der Waals surface area (Å²) in [6.07, 6.45) is 2.50. The number of thioether (sulfide) groups is 1. The maximum Gasteiger partial charge on any atom is 0.263 e. The third-order valence-corrected chi connectivity index (χ3v) is 5.29. The molecular formula is C14H17N3O2S2. The number of carbonyl (C=O) groups is 1. The highest BCUT2D eigenvalue weighted by molar-refractivity contribution is 8.00. The summed E-state index contributed by atoms with van der Waals surface area (Å²) in [6, 6.07) is 1.89. The number of allylic oxidation sites excluding steroid dienone is 1. The third kappa shape index (κ3) is 3.19. The van der Waals surface area contributed by atoms with Gasteiger partial charge in [-0.3, -0.25) is 14.2 Å². The number of thiophene rings is 1. The number of hydrogen-bond donors (Lipinski definition) is 1. The fraction of sp³-hybridized carbons (Fsp3) is 0.357. The second-order valence-electron chi connectivity index (χ2n) is 4.55. The van der Waals surface area contributed by atoms with Crippen LogP contribution in [0, 0.1) is 0 Å². The molecule has 1 atom stereocenters. The van der Waals surface area contributed by atoms with Crippen molar-refractivity contribution < 1.29 is 4.79 Å². The van der Waals surface area contributed by atoms with E-state index in [2.05, 4.69) is 11.6 Å². The van der Waals surface area contributed by atoms with Crippen molar-refractivity contribution in [1.29, 1.82) is 0 Å². The van der Waals surface area contributed by atoms with E-state index in [-0.39, 0.29) is 5.56 Å². The van der Waals surface area contributed by atoms with Gasteiger partial charge in [-0.25, -0.2) is 4.98 Å². The number of primary amides is 1. The molecule has 21 heavy (non-hydrogen) atoms. The summed E-state index contributed by atoms with van der Waals surface area (Å²) in [7, 11) is 0. The van der Waals surface area contributed by atoms with Crippen molar-refractivity contribution in [2.24, 2.45) is 5.73 Å². The fourth-order valence-corrected chi connectivity index (χ4v) is 3.69. The molecule has 0 aliphatic rings. The number of rotatable bonds is 6. The van der Waals surface area contributed by atoms with Crippen LogP contribution in [0.1, 0.15) is 18.7 Å². The zero-order chi connectivity index (χ0) is 15.6. The Morgan fingerprint density at radius 1 is 1.67 bits per heavy atom. The Balaban J connectivity index is 2.61.